The predicted octanol–water partition coefficient (Wildman–Crippen LogP) is 4.44. The van der Waals surface area contributed by atoms with Gasteiger partial charge in [0, 0.05) is 23.0 Å². The highest BCUT2D eigenvalue weighted by Gasteiger charge is 2.40. The van der Waals surface area contributed by atoms with Crippen LogP contribution in [0.5, 0.6) is 5.75 Å². The average Bonchev–Trinajstić information content (AvgIpc) is 3.30. The fourth-order valence-electron chi connectivity index (χ4n) is 3.21. The lowest BCUT2D eigenvalue weighted by atomic mass is 9.88. The molecule has 1 aliphatic rings. The van der Waals surface area contributed by atoms with E-state index in [1.54, 1.807) is 48.8 Å². The second kappa shape index (κ2) is 9.72. The summed E-state index contributed by atoms with van der Waals surface area (Å²) in [6, 6.07) is 11.0. The monoisotopic (exact) mass is 455 g/mol. The van der Waals surface area contributed by atoms with Crippen molar-refractivity contribution < 1.29 is 19.1 Å². The molecule has 2 aromatic heterocycles. The zero-order valence-electron chi connectivity index (χ0n) is 16.2. The van der Waals surface area contributed by atoms with Crippen molar-refractivity contribution in [2.45, 2.75) is 12.6 Å². The lowest BCUT2D eigenvalue weighted by Crippen LogP contribution is -2.46. The van der Waals surface area contributed by atoms with E-state index in [2.05, 4.69) is 15.3 Å². The Morgan fingerprint density at radius 1 is 1.16 bits per heavy atom. The lowest BCUT2D eigenvalue weighted by Gasteiger charge is -2.30. The van der Waals surface area contributed by atoms with Gasteiger partial charge >= 0.3 is 12.0 Å². The normalized spacial score (nSPS) is 18.1. The number of rotatable bonds is 7. The maximum Gasteiger partial charge on any atom is 0.341 e. The minimum atomic E-state index is -0.849. The van der Waals surface area contributed by atoms with Gasteiger partial charge in [0.1, 0.15) is 24.9 Å². The number of aromatic nitrogens is 1. The number of halogens is 1. The Kier molecular flexibility index (Phi) is 6.59. The quantitative estimate of drug-likeness (QED) is 0.532. The summed E-state index contributed by atoms with van der Waals surface area (Å²) >= 11 is 7.53. The fraction of sp³-hybridized carbons (Fsp3) is 0.182. The number of hydrogen-bond acceptors (Lipinski definition) is 6. The van der Waals surface area contributed by atoms with Gasteiger partial charge in [-0.3, -0.25) is 9.78 Å². The number of urea groups is 1. The number of ether oxygens (including phenoxy) is 2. The molecule has 0 saturated heterocycles. The molecule has 9 heteroatoms. The first-order valence-corrected chi connectivity index (χ1v) is 10.8. The molecule has 0 fully saturated rings. The third kappa shape index (κ3) is 5.28. The van der Waals surface area contributed by atoms with E-state index in [9.17, 15) is 9.59 Å². The van der Waals surface area contributed by atoms with E-state index >= 15 is 0 Å². The van der Waals surface area contributed by atoms with E-state index in [1.165, 1.54) is 11.3 Å². The molecule has 2 unspecified atom stereocenters. The number of benzene rings is 1. The Morgan fingerprint density at radius 3 is 2.74 bits per heavy atom. The van der Waals surface area contributed by atoms with Crippen molar-refractivity contribution in [1.29, 1.82) is 0 Å². The van der Waals surface area contributed by atoms with E-state index in [1.807, 2.05) is 16.8 Å². The van der Waals surface area contributed by atoms with Gasteiger partial charge in [0.2, 0.25) is 0 Å². The van der Waals surface area contributed by atoms with Crippen molar-refractivity contribution in [3.05, 3.63) is 81.8 Å². The Hall–Kier alpha value is -3.23. The van der Waals surface area contributed by atoms with Gasteiger partial charge in [0.15, 0.2) is 0 Å². The summed E-state index contributed by atoms with van der Waals surface area (Å²) in [4.78, 5) is 33.5. The summed E-state index contributed by atoms with van der Waals surface area (Å²) in [5, 5.41) is 7.10. The molecule has 2 atom stereocenters. The summed E-state index contributed by atoms with van der Waals surface area (Å²) in [5.74, 6) is -0.841. The van der Waals surface area contributed by atoms with Crippen LogP contribution in [0.15, 0.2) is 70.6 Å². The number of hydrogen-bond donors (Lipinski definition) is 1. The molecular weight excluding hydrogens is 438 g/mol. The van der Waals surface area contributed by atoms with Crippen LogP contribution in [-0.2, 0) is 16.1 Å². The zero-order chi connectivity index (χ0) is 21.6. The largest absolute Gasteiger partial charge is 0.488 e. The molecule has 0 saturated carbocycles. The Bertz CT molecular complexity index is 1090. The number of esters is 1. The molecule has 1 N–H and O–H groups in total. The topological polar surface area (TPSA) is 89.9 Å². The second-order valence-corrected chi connectivity index (χ2v) is 7.99. The van der Waals surface area contributed by atoms with E-state index in [0.717, 1.165) is 11.1 Å². The highest BCUT2D eigenvalue weighted by molar-refractivity contribution is 7.07. The van der Waals surface area contributed by atoms with Crippen LogP contribution in [-0.4, -0.2) is 29.3 Å². The van der Waals surface area contributed by atoms with E-state index in [4.69, 9.17) is 21.1 Å². The van der Waals surface area contributed by atoms with Crippen molar-refractivity contribution >= 4 is 40.6 Å². The van der Waals surface area contributed by atoms with Crippen molar-refractivity contribution in [3.8, 4) is 5.75 Å². The van der Waals surface area contributed by atoms with Gasteiger partial charge in [-0.05, 0) is 52.7 Å². The number of carbonyl (C=O) groups is 2. The Morgan fingerprint density at radius 2 is 2.00 bits per heavy atom. The van der Waals surface area contributed by atoms with Crippen LogP contribution in [0.3, 0.4) is 0 Å². The zero-order valence-corrected chi connectivity index (χ0v) is 17.8. The summed E-state index contributed by atoms with van der Waals surface area (Å²) in [6.45, 7) is 0.0752. The standard InChI is InChI=1S/C22H18ClN3O4S/c23-16-2-1-3-17(10-16)29-12-18-19(21(27)30-11-14-6-9-31-13-14)20(26-22(28)25-18)15-4-7-24-8-5-15/h1-10,13,19-20H,11-12H2,(H,26,28). The van der Waals surface area contributed by atoms with Crippen LogP contribution < -0.4 is 10.1 Å². The Balaban J connectivity index is 1.59. The van der Waals surface area contributed by atoms with Crippen LogP contribution >= 0.6 is 22.9 Å². The first-order valence-electron chi connectivity index (χ1n) is 9.44. The molecule has 0 bridgehead atoms. The third-order valence-corrected chi connectivity index (χ3v) is 5.65. The highest BCUT2D eigenvalue weighted by atomic mass is 35.5. The fourth-order valence-corrected chi connectivity index (χ4v) is 4.05. The second-order valence-electron chi connectivity index (χ2n) is 6.77. The number of amides is 2. The Labute approximate surface area is 187 Å². The smallest absolute Gasteiger partial charge is 0.341 e. The summed E-state index contributed by atoms with van der Waals surface area (Å²) in [7, 11) is 0. The molecule has 2 amide bonds. The van der Waals surface area contributed by atoms with Gasteiger partial charge in [-0.25, -0.2) is 4.79 Å². The van der Waals surface area contributed by atoms with Gasteiger partial charge in [-0.1, -0.05) is 17.7 Å². The van der Waals surface area contributed by atoms with Crippen molar-refractivity contribution in [2.75, 3.05) is 6.61 Å². The van der Waals surface area contributed by atoms with Crippen molar-refractivity contribution in [3.63, 3.8) is 0 Å². The molecule has 31 heavy (non-hydrogen) atoms. The predicted molar refractivity (Wildman–Crippen MR) is 117 cm³/mol. The van der Waals surface area contributed by atoms with Crippen LogP contribution in [0.4, 0.5) is 4.79 Å². The van der Waals surface area contributed by atoms with Gasteiger partial charge in [0.05, 0.1) is 11.8 Å². The number of nitrogens with zero attached hydrogens (tertiary/aromatic N) is 2. The van der Waals surface area contributed by atoms with Crippen molar-refractivity contribution in [2.24, 2.45) is 10.9 Å². The summed E-state index contributed by atoms with van der Waals surface area (Å²) in [6.07, 6.45) is 3.20. The van der Waals surface area contributed by atoms with Gasteiger partial charge in [-0.2, -0.15) is 16.3 Å². The van der Waals surface area contributed by atoms with E-state index in [0.29, 0.717) is 10.8 Å². The molecular formula is C22H18ClN3O4S. The average molecular weight is 456 g/mol. The number of carbonyl (C=O) groups excluding carboxylic acids is 2. The lowest BCUT2D eigenvalue weighted by molar-refractivity contribution is -0.148. The first-order chi connectivity index (χ1) is 15.1. The molecule has 0 aliphatic carbocycles. The number of thiophene rings is 1. The number of nitrogens with one attached hydrogen (secondary N) is 1. The molecule has 158 valence electrons. The number of pyridine rings is 1. The van der Waals surface area contributed by atoms with Crippen LogP contribution in [0.2, 0.25) is 5.02 Å². The highest BCUT2D eigenvalue weighted by Crippen LogP contribution is 2.29. The number of aliphatic imine (C=N–C) groups is 1. The SMILES string of the molecule is O=C1N=C(COc2cccc(Cl)c2)C(C(=O)OCc2ccsc2)C(c2ccncc2)N1. The third-order valence-electron chi connectivity index (χ3n) is 4.68. The van der Waals surface area contributed by atoms with Gasteiger partial charge in [-0.15, -0.1) is 0 Å². The van der Waals surface area contributed by atoms with Crippen LogP contribution in [0, 0.1) is 5.92 Å². The summed E-state index contributed by atoms with van der Waals surface area (Å²) < 4.78 is 11.3. The molecule has 1 aliphatic heterocycles. The molecule has 1 aromatic carbocycles. The molecule has 7 nitrogen and oxygen atoms in total. The minimum absolute atomic E-state index is 0.0619. The van der Waals surface area contributed by atoms with Crippen LogP contribution in [0.25, 0.3) is 0 Å². The summed E-state index contributed by atoms with van der Waals surface area (Å²) in [5.41, 5.74) is 1.89. The minimum Gasteiger partial charge on any atom is -0.488 e. The van der Waals surface area contributed by atoms with E-state index in [-0.39, 0.29) is 18.9 Å². The molecule has 4 rings (SSSR count). The van der Waals surface area contributed by atoms with Crippen LogP contribution in [0.1, 0.15) is 17.2 Å². The molecule has 3 heterocycles. The molecule has 0 radical (unpaired) electrons. The van der Waals surface area contributed by atoms with Crippen molar-refractivity contribution in [1.82, 2.24) is 10.3 Å². The maximum absolute atomic E-state index is 13.1. The van der Waals surface area contributed by atoms with Gasteiger partial charge in [0.25, 0.3) is 0 Å². The first kappa shape index (κ1) is 21.0. The molecule has 0 spiro atoms. The van der Waals surface area contributed by atoms with Gasteiger partial charge < -0.3 is 14.8 Å². The maximum atomic E-state index is 13.1. The molecule has 3 aromatic rings. The van der Waals surface area contributed by atoms with E-state index < -0.39 is 24.0 Å².